The van der Waals surface area contributed by atoms with Crippen molar-refractivity contribution in [2.45, 2.75) is 12.8 Å². The first kappa shape index (κ1) is 17.7. The fourth-order valence-corrected chi connectivity index (χ4v) is 1.82. The summed E-state index contributed by atoms with van der Waals surface area (Å²) in [6.07, 6.45) is -4.36. The molecule has 0 aliphatic rings. The molecule has 24 heavy (non-hydrogen) atoms. The lowest BCUT2D eigenvalue weighted by atomic mass is 10.2. The van der Waals surface area contributed by atoms with Crippen molar-refractivity contribution in [2.24, 2.45) is 0 Å². The third kappa shape index (κ3) is 5.49. The molecule has 0 aliphatic heterocycles. The summed E-state index contributed by atoms with van der Waals surface area (Å²) in [4.78, 5) is 11.3. The number of hydrogen-bond donors (Lipinski definition) is 0. The first-order valence-electron chi connectivity index (χ1n) is 6.97. The molecule has 0 amide bonds. The number of ether oxygens (including phenoxy) is 3. The van der Waals surface area contributed by atoms with Crippen LogP contribution in [-0.4, -0.2) is 25.9 Å². The zero-order valence-corrected chi connectivity index (χ0v) is 12.8. The maximum absolute atomic E-state index is 12.1. The van der Waals surface area contributed by atoms with Gasteiger partial charge in [-0.05, 0) is 42.0 Å². The van der Waals surface area contributed by atoms with Gasteiger partial charge in [0.2, 0.25) is 0 Å². The Bertz CT molecular complexity index is 664. The molecule has 0 aromatic heterocycles. The smallest absolute Gasteiger partial charge is 0.422 e. The Kier molecular flexibility index (Phi) is 5.68. The quantitative estimate of drug-likeness (QED) is 0.746. The molecule has 128 valence electrons. The van der Waals surface area contributed by atoms with Crippen LogP contribution in [0.1, 0.15) is 15.9 Å². The van der Waals surface area contributed by atoms with E-state index in [0.29, 0.717) is 11.3 Å². The predicted octanol–water partition coefficient (Wildman–Crippen LogP) is 3.99. The van der Waals surface area contributed by atoms with Crippen molar-refractivity contribution in [3.05, 3.63) is 59.7 Å². The van der Waals surface area contributed by atoms with Crippen molar-refractivity contribution in [1.29, 1.82) is 0 Å². The van der Waals surface area contributed by atoms with E-state index in [4.69, 9.17) is 4.74 Å². The number of hydrogen-bond acceptors (Lipinski definition) is 4. The molecule has 0 atom stereocenters. The molecule has 0 spiro atoms. The van der Waals surface area contributed by atoms with Crippen LogP contribution in [0.5, 0.6) is 11.5 Å². The van der Waals surface area contributed by atoms with Gasteiger partial charge in [-0.25, -0.2) is 4.79 Å². The molecular weight excluding hydrogens is 325 g/mol. The van der Waals surface area contributed by atoms with Crippen molar-refractivity contribution < 1.29 is 32.2 Å². The average molecular weight is 340 g/mol. The number of benzene rings is 2. The number of halogens is 3. The van der Waals surface area contributed by atoms with E-state index >= 15 is 0 Å². The Labute approximate surface area is 136 Å². The maximum Gasteiger partial charge on any atom is 0.422 e. The molecule has 0 N–H and O–H groups in total. The molecule has 0 unspecified atom stereocenters. The summed E-state index contributed by atoms with van der Waals surface area (Å²) in [5, 5.41) is 0. The van der Waals surface area contributed by atoms with Crippen molar-refractivity contribution in [2.75, 3.05) is 13.7 Å². The second-order valence-electron chi connectivity index (χ2n) is 4.85. The molecule has 0 radical (unpaired) electrons. The van der Waals surface area contributed by atoms with Gasteiger partial charge >= 0.3 is 12.1 Å². The summed E-state index contributed by atoms with van der Waals surface area (Å²) in [6.45, 7) is -1.09. The van der Waals surface area contributed by atoms with E-state index in [1.54, 1.807) is 36.4 Å². The fraction of sp³-hybridized carbons (Fsp3) is 0.235. The van der Waals surface area contributed by atoms with Gasteiger partial charge < -0.3 is 14.2 Å². The highest BCUT2D eigenvalue weighted by molar-refractivity contribution is 5.89. The highest BCUT2D eigenvalue weighted by atomic mass is 19.4. The van der Waals surface area contributed by atoms with Gasteiger partial charge in [0, 0.05) is 0 Å². The first-order valence-corrected chi connectivity index (χ1v) is 6.97. The van der Waals surface area contributed by atoms with E-state index in [9.17, 15) is 18.0 Å². The molecule has 0 saturated heterocycles. The normalized spacial score (nSPS) is 11.0. The van der Waals surface area contributed by atoms with Crippen molar-refractivity contribution in [3.8, 4) is 11.5 Å². The summed E-state index contributed by atoms with van der Waals surface area (Å²) in [5.41, 5.74) is 1.18. The van der Waals surface area contributed by atoms with Gasteiger partial charge in [0.1, 0.15) is 18.1 Å². The topological polar surface area (TPSA) is 44.8 Å². The van der Waals surface area contributed by atoms with E-state index < -0.39 is 18.8 Å². The van der Waals surface area contributed by atoms with Gasteiger partial charge in [0.25, 0.3) is 0 Å². The Morgan fingerprint density at radius 1 is 0.917 bits per heavy atom. The van der Waals surface area contributed by atoms with E-state index in [1.165, 1.54) is 19.2 Å². The van der Waals surface area contributed by atoms with Crippen LogP contribution < -0.4 is 9.47 Å². The van der Waals surface area contributed by atoms with Gasteiger partial charge in [0.15, 0.2) is 6.61 Å². The standard InChI is InChI=1S/C17H15F3O4/c1-22-16(21)13-4-8-14(9-5-13)23-10-12-2-6-15(7-3-12)24-11-17(18,19)20/h2-9H,10-11H2,1H3. The van der Waals surface area contributed by atoms with Gasteiger partial charge in [0.05, 0.1) is 12.7 Å². The SMILES string of the molecule is COC(=O)c1ccc(OCc2ccc(OCC(F)(F)F)cc2)cc1. The van der Waals surface area contributed by atoms with Crippen LogP contribution in [0.25, 0.3) is 0 Å². The van der Waals surface area contributed by atoms with E-state index in [2.05, 4.69) is 9.47 Å². The number of rotatable bonds is 6. The number of methoxy groups -OCH3 is 1. The lowest BCUT2D eigenvalue weighted by Crippen LogP contribution is -2.19. The number of carbonyl (C=O) groups excluding carboxylic acids is 1. The van der Waals surface area contributed by atoms with Crippen molar-refractivity contribution in [1.82, 2.24) is 0 Å². The van der Waals surface area contributed by atoms with Crippen LogP contribution in [0.4, 0.5) is 13.2 Å². The second kappa shape index (κ2) is 7.72. The third-order valence-electron chi connectivity index (χ3n) is 3.01. The third-order valence-corrected chi connectivity index (χ3v) is 3.01. The maximum atomic E-state index is 12.1. The molecule has 2 aromatic rings. The summed E-state index contributed by atoms with van der Waals surface area (Å²) in [6, 6.07) is 12.6. The summed E-state index contributed by atoms with van der Waals surface area (Å²) in [5.74, 6) is 0.259. The lowest BCUT2D eigenvalue weighted by molar-refractivity contribution is -0.153. The van der Waals surface area contributed by atoms with E-state index in [-0.39, 0.29) is 12.4 Å². The molecule has 2 rings (SSSR count). The molecule has 2 aromatic carbocycles. The Morgan fingerprint density at radius 2 is 1.46 bits per heavy atom. The Balaban J connectivity index is 1.87. The summed E-state index contributed by atoms with van der Waals surface area (Å²) >= 11 is 0. The minimum Gasteiger partial charge on any atom is -0.489 e. The molecule has 4 nitrogen and oxygen atoms in total. The van der Waals surface area contributed by atoms with Gasteiger partial charge in [-0.1, -0.05) is 12.1 Å². The van der Waals surface area contributed by atoms with Gasteiger partial charge in [-0.15, -0.1) is 0 Å². The van der Waals surface area contributed by atoms with Crippen LogP contribution in [0, 0.1) is 0 Å². The second-order valence-corrected chi connectivity index (χ2v) is 4.85. The van der Waals surface area contributed by atoms with Crippen molar-refractivity contribution in [3.63, 3.8) is 0 Å². The molecule has 0 aliphatic carbocycles. The minimum absolute atomic E-state index is 0.138. The zero-order valence-electron chi connectivity index (χ0n) is 12.8. The highest BCUT2D eigenvalue weighted by Crippen LogP contribution is 2.20. The van der Waals surface area contributed by atoms with E-state index in [1.807, 2.05) is 0 Å². The fourth-order valence-electron chi connectivity index (χ4n) is 1.82. The largest absolute Gasteiger partial charge is 0.489 e. The minimum atomic E-state index is -4.36. The zero-order chi connectivity index (χ0) is 17.6. The summed E-state index contributed by atoms with van der Waals surface area (Å²) < 4.78 is 50.9. The number of esters is 1. The van der Waals surface area contributed by atoms with Crippen LogP contribution in [0.2, 0.25) is 0 Å². The molecule has 0 bridgehead atoms. The van der Waals surface area contributed by atoms with E-state index in [0.717, 1.165) is 5.56 Å². The van der Waals surface area contributed by atoms with Crippen molar-refractivity contribution >= 4 is 5.97 Å². The van der Waals surface area contributed by atoms with Crippen LogP contribution >= 0.6 is 0 Å². The lowest BCUT2D eigenvalue weighted by Gasteiger charge is -2.10. The predicted molar refractivity (Wildman–Crippen MR) is 80.1 cm³/mol. The first-order chi connectivity index (χ1) is 11.4. The number of carbonyl (C=O) groups is 1. The Morgan fingerprint density at radius 3 is 2.00 bits per heavy atom. The van der Waals surface area contributed by atoms with Crippen LogP contribution in [-0.2, 0) is 11.3 Å². The van der Waals surface area contributed by atoms with Gasteiger partial charge in [-0.2, -0.15) is 13.2 Å². The molecule has 7 heteroatoms. The highest BCUT2D eigenvalue weighted by Gasteiger charge is 2.28. The molecular formula is C17H15F3O4. The monoisotopic (exact) mass is 340 g/mol. The number of alkyl halides is 3. The molecule has 0 heterocycles. The molecule has 0 fully saturated rings. The molecule has 0 saturated carbocycles. The summed E-state index contributed by atoms with van der Waals surface area (Å²) in [7, 11) is 1.30. The average Bonchev–Trinajstić information content (AvgIpc) is 2.58. The van der Waals surface area contributed by atoms with Gasteiger partial charge in [-0.3, -0.25) is 0 Å². The van der Waals surface area contributed by atoms with Crippen LogP contribution in [0.15, 0.2) is 48.5 Å². The van der Waals surface area contributed by atoms with Crippen LogP contribution in [0.3, 0.4) is 0 Å². The Hall–Kier alpha value is -2.70.